The maximum absolute atomic E-state index is 13.1. The molecule has 0 aromatic carbocycles. The van der Waals surface area contributed by atoms with E-state index < -0.39 is 210 Å². The molecule has 0 bridgehead atoms. The highest BCUT2D eigenvalue weighted by Gasteiger charge is 2.61. The van der Waals surface area contributed by atoms with E-state index in [-0.39, 0.29) is 0 Å². The van der Waals surface area contributed by atoms with Crippen LogP contribution in [-0.4, -0.2) is 287 Å². The zero-order valence-electron chi connectivity index (χ0n) is 37.0. The Morgan fingerprint density at radius 1 is 0.632 bits per heavy atom. The number of aliphatic hydroxyl groups excluding tert-OH is 14. The Morgan fingerprint density at radius 3 is 1.74 bits per heavy atom. The molecule has 26 atom stereocenters. The Morgan fingerprint density at radius 2 is 1.18 bits per heavy atom. The summed E-state index contributed by atoms with van der Waals surface area (Å²) in [6.45, 7) is -0.835. The Bertz CT molecular complexity index is 1660. The molecule has 0 unspecified atom stereocenters. The van der Waals surface area contributed by atoms with E-state index >= 15 is 0 Å². The summed E-state index contributed by atoms with van der Waals surface area (Å²) in [6, 6.07) is -3.41. The number of aliphatic hydroxyl groups is 14. The Labute approximate surface area is 386 Å². The second kappa shape index (κ2) is 23.8. The van der Waals surface area contributed by atoms with E-state index in [9.17, 15) is 91.0 Å². The van der Waals surface area contributed by atoms with Crippen LogP contribution >= 0.6 is 0 Å². The standard InChI is InChI=1S/C38H64N2O28/c1-10-20(49)24(53)32(59-4)36(60-10)65-29-19(40-12(3)46)34(66-30-22(51)15(7-42)61-33(56)25(30)54)63-17(9-44)27(29)64-35-26(55)31(23(52)16(8-43)62-35)68-38(37(57)58)5-13(47)18(39-11(2)45)28(67-38)21(50)14(48)6-41/h10,13-36,41-44,47-56H,5-9H2,1-4H3,(H,39,45)(H,40,46)(H,57,58)/t10-,13-,14+,15+,16+,17+,18+,19+,20+,21+,22-,23-,24+,25+,26+,27+,28+,29+,30-,31-,32-,33+,34-,35-,36-,38-/m0/s1. The minimum Gasteiger partial charge on any atom is -0.477 e. The molecule has 5 aliphatic heterocycles. The Balaban J connectivity index is 1.56. The molecule has 2 amide bonds. The zero-order chi connectivity index (χ0) is 50.7. The second-order valence-corrected chi connectivity index (χ2v) is 17.0. The third kappa shape index (κ3) is 11.9. The molecule has 0 aromatic rings. The van der Waals surface area contributed by atoms with Crippen molar-refractivity contribution in [2.45, 2.75) is 186 Å². The number of rotatable bonds is 18. The molecular weight excluding hydrogens is 932 g/mol. The number of amides is 2. The highest BCUT2D eigenvalue weighted by molar-refractivity contribution is 5.76. The van der Waals surface area contributed by atoms with E-state index in [4.69, 9.17) is 47.4 Å². The lowest BCUT2D eigenvalue weighted by Gasteiger charge is -2.52. The predicted molar refractivity (Wildman–Crippen MR) is 210 cm³/mol. The third-order valence-electron chi connectivity index (χ3n) is 12.3. The number of ether oxygens (including phenoxy) is 10. The number of nitrogens with one attached hydrogen (secondary N) is 2. The second-order valence-electron chi connectivity index (χ2n) is 17.0. The van der Waals surface area contributed by atoms with Crippen LogP contribution in [0.15, 0.2) is 0 Å². The van der Waals surface area contributed by atoms with Crippen molar-refractivity contribution in [3.63, 3.8) is 0 Å². The summed E-state index contributed by atoms with van der Waals surface area (Å²) in [6.07, 6.45) is -45.0. The maximum atomic E-state index is 13.1. The number of aliphatic carboxylic acids is 1. The van der Waals surface area contributed by atoms with E-state index in [2.05, 4.69) is 10.6 Å². The molecule has 68 heavy (non-hydrogen) atoms. The van der Waals surface area contributed by atoms with Crippen LogP contribution in [0.1, 0.15) is 27.2 Å². The molecule has 394 valence electrons. The minimum absolute atomic E-state index is 0.809. The van der Waals surface area contributed by atoms with Crippen molar-refractivity contribution in [3.8, 4) is 0 Å². The number of carbonyl (C=O) groups is 3. The molecule has 30 heteroatoms. The van der Waals surface area contributed by atoms with Gasteiger partial charge in [-0.2, -0.15) is 0 Å². The van der Waals surface area contributed by atoms with Gasteiger partial charge in [0.15, 0.2) is 25.2 Å². The molecule has 5 rings (SSSR count). The molecule has 0 saturated carbocycles. The smallest absolute Gasteiger partial charge is 0.364 e. The normalized spacial score (nSPS) is 46.6. The van der Waals surface area contributed by atoms with Crippen LogP contribution in [0.3, 0.4) is 0 Å². The highest BCUT2D eigenvalue weighted by atomic mass is 16.8. The van der Waals surface area contributed by atoms with Crippen molar-refractivity contribution in [1.29, 1.82) is 0 Å². The first-order valence-electron chi connectivity index (χ1n) is 21.5. The van der Waals surface area contributed by atoms with Crippen LogP contribution in [0.2, 0.25) is 0 Å². The predicted octanol–water partition coefficient (Wildman–Crippen LogP) is -10.7. The van der Waals surface area contributed by atoms with Crippen molar-refractivity contribution >= 4 is 17.8 Å². The number of hydrogen-bond acceptors (Lipinski definition) is 27. The van der Waals surface area contributed by atoms with Gasteiger partial charge in [-0.05, 0) is 6.92 Å². The maximum Gasteiger partial charge on any atom is 0.364 e. The van der Waals surface area contributed by atoms with Crippen molar-refractivity contribution in [2.75, 3.05) is 33.5 Å². The first-order valence-corrected chi connectivity index (χ1v) is 21.5. The summed E-state index contributed by atoms with van der Waals surface area (Å²) in [4.78, 5) is 38.0. The van der Waals surface area contributed by atoms with E-state index in [1.165, 1.54) is 6.92 Å². The first kappa shape index (κ1) is 56.4. The lowest BCUT2D eigenvalue weighted by Crippen LogP contribution is -2.72. The number of carbonyl (C=O) groups excluding carboxylic acids is 2. The van der Waals surface area contributed by atoms with Gasteiger partial charge in [0.25, 0.3) is 5.79 Å². The molecule has 17 N–H and O–H groups in total. The Hall–Kier alpha value is -2.55. The largest absolute Gasteiger partial charge is 0.477 e. The van der Waals surface area contributed by atoms with Crippen molar-refractivity contribution in [3.05, 3.63) is 0 Å². The van der Waals surface area contributed by atoms with Crippen LogP contribution in [0.25, 0.3) is 0 Å². The zero-order valence-corrected chi connectivity index (χ0v) is 37.0. The number of carboxylic acids is 1. The molecule has 5 heterocycles. The van der Waals surface area contributed by atoms with Crippen LogP contribution in [-0.2, 0) is 61.8 Å². The molecular formula is C38H64N2O28. The van der Waals surface area contributed by atoms with Gasteiger partial charge >= 0.3 is 5.97 Å². The molecule has 5 saturated heterocycles. The van der Waals surface area contributed by atoms with Gasteiger partial charge in [-0.1, -0.05) is 0 Å². The summed E-state index contributed by atoms with van der Waals surface area (Å²) in [5, 5.41) is 165. The minimum atomic E-state index is -3.19. The summed E-state index contributed by atoms with van der Waals surface area (Å²) in [5.41, 5.74) is 0. The van der Waals surface area contributed by atoms with Gasteiger partial charge in [0, 0.05) is 27.4 Å². The summed E-state index contributed by atoms with van der Waals surface area (Å²) in [5.74, 6) is -6.91. The fraction of sp³-hybridized carbons (Fsp3) is 0.921. The lowest BCUT2D eigenvalue weighted by molar-refractivity contribution is -0.396. The van der Waals surface area contributed by atoms with Crippen LogP contribution in [0.4, 0.5) is 0 Å². The monoisotopic (exact) mass is 996 g/mol. The molecule has 5 aliphatic rings. The fourth-order valence-electron chi connectivity index (χ4n) is 8.71. The molecule has 0 spiro atoms. The van der Waals surface area contributed by atoms with Gasteiger partial charge in [0.2, 0.25) is 11.8 Å². The summed E-state index contributed by atoms with van der Waals surface area (Å²) in [7, 11) is 1.11. The average molecular weight is 997 g/mol. The highest BCUT2D eigenvalue weighted by Crippen LogP contribution is 2.40. The summed E-state index contributed by atoms with van der Waals surface area (Å²) >= 11 is 0. The molecule has 30 nitrogen and oxygen atoms in total. The van der Waals surface area contributed by atoms with E-state index in [1.54, 1.807) is 0 Å². The van der Waals surface area contributed by atoms with Gasteiger partial charge in [-0.3, -0.25) is 9.59 Å². The van der Waals surface area contributed by atoms with E-state index in [0.29, 0.717) is 0 Å². The third-order valence-corrected chi connectivity index (χ3v) is 12.3. The van der Waals surface area contributed by atoms with E-state index in [1.807, 2.05) is 0 Å². The van der Waals surface area contributed by atoms with Gasteiger partial charge in [-0.25, -0.2) is 4.79 Å². The van der Waals surface area contributed by atoms with Crippen molar-refractivity contribution in [2.24, 2.45) is 0 Å². The number of hydrogen-bond donors (Lipinski definition) is 17. The van der Waals surface area contributed by atoms with Gasteiger partial charge in [0.05, 0.1) is 44.7 Å². The molecule has 5 fully saturated rings. The van der Waals surface area contributed by atoms with Gasteiger partial charge in [-0.15, -0.1) is 0 Å². The topological polar surface area (TPSA) is 471 Å². The SMILES string of the molecule is CO[C@@H]1[C@H](O[C@@H]2[C@@H](NC(C)=O)[C@H](O[C@@H]3[C@@H](O)[C@H](O)O[C@H](CO)[C@@H]3O)O[C@H](CO)[C@H]2O[C@@H]2O[C@H](CO)[C@H](O)[C@H](O[C@]3(C(=O)O)C[C@H](O)[C@@H](NC(C)=O)[C@H]([C@H](O)[C@H](O)CO)O3)[C@H]2O)O[C@@H](C)[C@@H](O)[C@H]1O. The summed E-state index contributed by atoms with van der Waals surface area (Å²) < 4.78 is 57.8. The Kier molecular flexibility index (Phi) is 19.7. The van der Waals surface area contributed by atoms with Crippen molar-refractivity contribution in [1.82, 2.24) is 10.6 Å². The molecule has 0 aliphatic carbocycles. The van der Waals surface area contributed by atoms with Gasteiger partial charge in [0.1, 0.15) is 110 Å². The quantitative estimate of drug-likeness (QED) is 0.0606. The van der Waals surface area contributed by atoms with Crippen molar-refractivity contribution < 1.29 is 138 Å². The fourth-order valence-corrected chi connectivity index (χ4v) is 8.71. The molecule has 0 aromatic heterocycles. The first-order chi connectivity index (χ1) is 32.0. The number of methoxy groups -OCH3 is 1. The van der Waals surface area contributed by atoms with E-state index in [0.717, 1.165) is 21.0 Å². The van der Waals surface area contributed by atoms with Crippen LogP contribution < -0.4 is 10.6 Å². The van der Waals surface area contributed by atoms with Gasteiger partial charge < -0.3 is 135 Å². The average Bonchev–Trinajstić information content (AvgIpc) is 3.29. The molecule has 0 radical (unpaired) electrons. The van der Waals surface area contributed by atoms with Crippen LogP contribution in [0.5, 0.6) is 0 Å². The van der Waals surface area contributed by atoms with Crippen LogP contribution in [0, 0.1) is 0 Å². The number of carboxylic acid groups (broad SMARTS) is 1. The lowest BCUT2D eigenvalue weighted by atomic mass is 9.88.